The predicted molar refractivity (Wildman–Crippen MR) is 81.8 cm³/mol. The standard InChI is InChI=1S/C14H19IN2O/c1-16-8-4-7-13(16)10-17(2)14(18)11-5-3-6-12(15)9-11/h3,5-6,9,13H,4,7-8,10H2,1-2H3. The van der Waals surface area contributed by atoms with E-state index in [-0.39, 0.29) is 5.91 Å². The fourth-order valence-corrected chi connectivity index (χ4v) is 2.99. The molecule has 1 aliphatic rings. The Morgan fingerprint density at radius 3 is 2.94 bits per heavy atom. The van der Waals surface area contributed by atoms with Crippen molar-refractivity contribution < 1.29 is 4.79 Å². The molecule has 0 aliphatic carbocycles. The van der Waals surface area contributed by atoms with Gasteiger partial charge in [-0.25, -0.2) is 0 Å². The van der Waals surface area contributed by atoms with Crippen molar-refractivity contribution in [2.24, 2.45) is 0 Å². The molecule has 2 rings (SSSR count). The highest BCUT2D eigenvalue weighted by Gasteiger charge is 2.24. The Hall–Kier alpha value is -0.620. The van der Waals surface area contributed by atoms with Gasteiger partial charge in [-0.05, 0) is 67.2 Å². The van der Waals surface area contributed by atoms with Crippen LogP contribution in [0.4, 0.5) is 0 Å². The Balaban J connectivity index is 2.00. The molecular formula is C14H19IN2O. The molecule has 1 atom stereocenters. The van der Waals surface area contributed by atoms with Crippen LogP contribution in [0.1, 0.15) is 23.2 Å². The smallest absolute Gasteiger partial charge is 0.253 e. The van der Waals surface area contributed by atoms with Crippen molar-refractivity contribution >= 4 is 28.5 Å². The molecule has 1 unspecified atom stereocenters. The second kappa shape index (κ2) is 6.02. The summed E-state index contributed by atoms with van der Waals surface area (Å²) in [5.74, 6) is 0.119. The highest BCUT2D eigenvalue weighted by molar-refractivity contribution is 14.1. The fourth-order valence-electron chi connectivity index (χ4n) is 2.45. The van der Waals surface area contributed by atoms with Crippen molar-refractivity contribution in [2.45, 2.75) is 18.9 Å². The first kappa shape index (κ1) is 13.8. The van der Waals surface area contributed by atoms with Crippen molar-refractivity contribution in [3.63, 3.8) is 0 Å². The predicted octanol–water partition coefficient (Wildman–Crippen LogP) is 2.46. The summed E-state index contributed by atoms with van der Waals surface area (Å²) >= 11 is 2.24. The van der Waals surface area contributed by atoms with Crippen LogP contribution in [0, 0.1) is 3.57 Å². The summed E-state index contributed by atoms with van der Waals surface area (Å²) in [6.07, 6.45) is 2.44. The van der Waals surface area contributed by atoms with Crippen LogP contribution in [0.2, 0.25) is 0 Å². The van der Waals surface area contributed by atoms with E-state index in [1.807, 2.05) is 36.2 Å². The van der Waals surface area contributed by atoms with Gasteiger partial charge in [-0.15, -0.1) is 0 Å². The molecule has 0 saturated carbocycles. The van der Waals surface area contributed by atoms with Gasteiger partial charge in [0.15, 0.2) is 0 Å². The van der Waals surface area contributed by atoms with Crippen molar-refractivity contribution in [1.29, 1.82) is 0 Å². The second-order valence-electron chi connectivity index (χ2n) is 4.97. The molecule has 1 amide bonds. The summed E-state index contributed by atoms with van der Waals surface area (Å²) in [5.41, 5.74) is 0.782. The van der Waals surface area contributed by atoms with E-state index < -0.39 is 0 Å². The lowest BCUT2D eigenvalue weighted by Crippen LogP contribution is -2.39. The van der Waals surface area contributed by atoms with Crippen LogP contribution < -0.4 is 0 Å². The monoisotopic (exact) mass is 358 g/mol. The van der Waals surface area contributed by atoms with Crippen LogP contribution >= 0.6 is 22.6 Å². The molecule has 3 nitrogen and oxygen atoms in total. The molecule has 0 aromatic heterocycles. The number of hydrogen-bond donors (Lipinski definition) is 0. The summed E-state index contributed by atoms with van der Waals surface area (Å²) in [5, 5.41) is 0. The van der Waals surface area contributed by atoms with E-state index >= 15 is 0 Å². The zero-order chi connectivity index (χ0) is 13.1. The van der Waals surface area contributed by atoms with Crippen molar-refractivity contribution in [3.8, 4) is 0 Å². The van der Waals surface area contributed by atoms with E-state index in [4.69, 9.17) is 0 Å². The molecule has 1 fully saturated rings. The molecule has 0 radical (unpaired) electrons. The minimum absolute atomic E-state index is 0.119. The fraction of sp³-hybridized carbons (Fsp3) is 0.500. The Kier molecular flexibility index (Phi) is 4.61. The lowest BCUT2D eigenvalue weighted by molar-refractivity contribution is 0.0761. The van der Waals surface area contributed by atoms with Gasteiger partial charge in [0, 0.05) is 28.8 Å². The number of amides is 1. The summed E-state index contributed by atoms with van der Waals surface area (Å²) in [7, 11) is 4.04. The molecule has 1 aliphatic heterocycles. The molecule has 4 heteroatoms. The van der Waals surface area contributed by atoms with E-state index in [0.29, 0.717) is 6.04 Å². The average molecular weight is 358 g/mol. The Bertz CT molecular complexity index is 436. The third-order valence-electron chi connectivity index (χ3n) is 3.57. The number of rotatable bonds is 3. The van der Waals surface area contributed by atoms with Crippen LogP contribution in [-0.2, 0) is 0 Å². The Morgan fingerprint density at radius 1 is 1.56 bits per heavy atom. The lowest BCUT2D eigenvalue weighted by atomic mass is 10.1. The normalized spacial score (nSPS) is 20.1. The van der Waals surface area contributed by atoms with E-state index in [1.54, 1.807) is 0 Å². The highest BCUT2D eigenvalue weighted by Crippen LogP contribution is 2.17. The van der Waals surface area contributed by atoms with Crippen molar-refractivity contribution in [3.05, 3.63) is 33.4 Å². The minimum Gasteiger partial charge on any atom is -0.340 e. The zero-order valence-electron chi connectivity index (χ0n) is 10.9. The number of benzene rings is 1. The van der Waals surface area contributed by atoms with Crippen LogP contribution in [0.5, 0.6) is 0 Å². The van der Waals surface area contributed by atoms with Crippen LogP contribution in [0.15, 0.2) is 24.3 Å². The van der Waals surface area contributed by atoms with Gasteiger partial charge in [-0.1, -0.05) is 6.07 Å². The molecule has 1 aromatic rings. The molecule has 0 N–H and O–H groups in total. The Labute approximate surface area is 122 Å². The molecule has 0 spiro atoms. The number of hydrogen-bond acceptors (Lipinski definition) is 2. The number of likely N-dealkylation sites (tertiary alicyclic amines) is 1. The van der Waals surface area contributed by atoms with Gasteiger partial charge >= 0.3 is 0 Å². The van der Waals surface area contributed by atoms with Crippen molar-refractivity contribution in [2.75, 3.05) is 27.2 Å². The largest absolute Gasteiger partial charge is 0.340 e. The molecule has 98 valence electrons. The maximum Gasteiger partial charge on any atom is 0.253 e. The second-order valence-corrected chi connectivity index (χ2v) is 6.22. The highest BCUT2D eigenvalue weighted by atomic mass is 127. The topological polar surface area (TPSA) is 23.6 Å². The zero-order valence-corrected chi connectivity index (χ0v) is 13.1. The average Bonchev–Trinajstić information content (AvgIpc) is 2.74. The summed E-state index contributed by atoms with van der Waals surface area (Å²) in [6, 6.07) is 8.28. The van der Waals surface area contributed by atoms with Gasteiger partial charge in [-0.3, -0.25) is 4.79 Å². The first-order valence-electron chi connectivity index (χ1n) is 6.29. The van der Waals surface area contributed by atoms with Crippen molar-refractivity contribution in [1.82, 2.24) is 9.80 Å². The summed E-state index contributed by atoms with van der Waals surface area (Å²) < 4.78 is 1.10. The maximum absolute atomic E-state index is 12.3. The molecule has 1 heterocycles. The third kappa shape index (κ3) is 3.23. The van der Waals surface area contributed by atoms with Crippen LogP contribution in [-0.4, -0.2) is 48.9 Å². The molecule has 0 bridgehead atoms. The Morgan fingerprint density at radius 2 is 2.33 bits per heavy atom. The summed E-state index contributed by atoms with van der Waals surface area (Å²) in [4.78, 5) is 16.5. The van der Waals surface area contributed by atoms with Crippen LogP contribution in [0.3, 0.4) is 0 Å². The number of halogens is 1. The van der Waals surface area contributed by atoms with Crippen LogP contribution in [0.25, 0.3) is 0 Å². The maximum atomic E-state index is 12.3. The third-order valence-corrected chi connectivity index (χ3v) is 4.25. The lowest BCUT2D eigenvalue weighted by Gasteiger charge is -2.26. The molecular weight excluding hydrogens is 339 g/mol. The first-order chi connectivity index (χ1) is 8.58. The van der Waals surface area contributed by atoms with Gasteiger partial charge in [0.05, 0.1) is 0 Å². The summed E-state index contributed by atoms with van der Waals surface area (Å²) in [6.45, 7) is 1.97. The van der Waals surface area contributed by atoms with Gasteiger partial charge in [0.2, 0.25) is 0 Å². The SMILES string of the molecule is CN(CC1CCCN1C)C(=O)c1cccc(I)c1. The number of carbonyl (C=O) groups is 1. The quantitative estimate of drug-likeness (QED) is 0.775. The van der Waals surface area contributed by atoms with Gasteiger partial charge in [0.25, 0.3) is 5.91 Å². The van der Waals surface area contributed by atoms with Gasteiger partial charge in [-0.2, -0.15) is 0 Å². The number of nitrogens with zero attached hydrogens (tertiary/aromatic N) is 2. The van der Waals surface area contributed by atoms with Gasteiger partial charge in [0.1, 0.15) is 0 Å². The molecule has 1 saturated heterocycles. The number of likely N-dealkylation sites (N-methyl/N-ethyl adjacent to an activating group) is 2. The van der Waals surface area contributed by atoms with E-state index in [2.05, 4.69) is 34.5 Å². The number of carbonyl (C=O) groups excluding carboxylic acids is 1. The van der Waals surface area contributed by atoms with E-state index in [0.717, 1.165) is 22.2 Å². The van der Waals surface area contributed by atoms with Gasteiger partial charge < -0.3 is 9.80 Å². The van der Waals surface area contributed by atoms with E-state index in [1.165, 1.54) is 12.8 Å². The minimum atomic E-state index is 0.119. The molecule has 1 aromatic carbocycles. The molecule has 18 heavy (non-hydrogen) atoms. The van der Waals surface area contributed by atoms with E-state index in [9.17, 15) is 4.79 Å². The first-order valence-corrected chi connectivity index (χ1v) is 7.37.